The van der Waals surface area contributed by atoms with Crippen LogP contribution in [0.25, 0.3) is 0 Å². The Balaban J connectivity index is 4.14. The van der Waals surface area contributed by atoms with Gasteiger partial charge >= 0.3 is 13.8 Å². The molecule has 0 rings (SSSR count). The molecule has 0 aromatic heterocycles. The fraction of sp³-hybridized carbons (Fsp3) is 0.698. The summed E-state index contributed by atoms with van der Waals surface area (Å²) in [6.45, 7) is 4.69. The smallest absolute Gasteiger partial charge is 0.457 e. The molecule has 0 aliphatic heterocycles. The van der Waals surface area contributed by atoms with E-state index in [0.717, 1.165) is 57.8 Å². The summed E-state index contributed by atoms with van der Waals surface area (Å²) in [6.07, 6.45) is 49.2. The first-order chi connectivity index (χ1) is 25.4. The summed E-state index contributed by atoms with van der Waals surface area (Å²) < 4.78 is 33.3. The zero-order valence-electron chi connectivity index (χ0n) is 33.0. The van der Waals surface area contributed by atoms with Crippen LogP contribution < -0.4 is 5.73 Å². The van der Waals surface area contributed by atoms with Crippen molar-refractivity contribution in [1.29, 1.82) is 0 Å². The first-order valence-corrected chi connectivity index (χ1v) is 21.9. The number of phosphoric acid groups is 1. The molecule has 0 saturated carbocycles. The maximum Gasteiger partial charge on any atom is 0.472 e. The van der Waals surface area contributed by atoms with Crippen molar-refractivity contribution in [2.75, 3.05) is 33.0 Å². The minimum Gasteiger partial charge on any atom is -0.457 e. The number of unbranched alkanes of at least 4 members (excludes halogenated alkanes) is 13. The Bertz CT molecular complexity index is 1020. The summed E-state index contributed by atoms with van der Waals surface area (Å²) in [5, 5.41) is 0. The summed E-state index contributed by atoms with van der Waals surface area (Å²) in [5.41, 5.74) is 5.36. The number of carbonyl (C=O) groups excluding carboxylic acids is 1. The molecule has 300 valence electrons. The van der Waals surface area contributed by atoms with E-state index in [1.54, 1.807) is 0 Å². The molecule has 0 amide bonds. The highest BCUT2D eigenvalue weighted by Gasteiger charge is 2.25. The van der Waals surface area contributed by atoms with Gasteiger partial charge < -0.3 is 20.1 Å². The molecule has 0 aliphatic carbocycles. The minimum atomic E-state index is -4.29. The van der Waals surface area contributed by atoms with E-state index in [4.69, 9.17) is 24.3 Å². The Hall–Kier alpha value is -2.06. The number of phosphoric ester groups is 1. The summed E-state index contributed by atoms with van der Waals surface area (Å²) in [5.74, 6) is -0.376. The van der Waals surface area contributed by atoms with Crippen molar-refractivity contribution in [2.24, 2.45) is 5.73 Å². The Kier molecular flexibility index (Phi) is 38.5. The summed E-state index contributed by atoms with van der Waals surface area (Å²) in [4.78, 5) is 22.4. The average Bonchev–Trinajstić information content (AvgIpc) is 3.13. The van der Waals surface area contributed by atoms with Crippen molar-refractivity contribution in [1.82, 2.24) is 0 Å². The van der Waals surface area contributed by atoms with Crippen molar-refractivity contribution in [2.45, 2.75) is 161 Å². The van der Waals surface area contributed by atoms with Crippen LogP contribution in [0.15, 0.2) is 72.9 Å². The fourth-order valence-corrected chi connectivity index (χ4v) is 5.90. The lowest BCUT2D eigenvalue weighted by atomic mass is 10.1. The molecule has 2 atom stereocenters. The van der Waals surface area contributed by atoms with Gasteiger partial charge in [-0.2, -0.15) is 0 Å². The second-order valence-electron chi connectivity index (χ2n) is 13.1. The first kappa shape index (κ1) is 49.9. The Morgan fingerprint density at radius 3 is 1.62 bits per heavy atom. The molecule has 0 aromatic carbocycles. The van der Waals surface area contributed by atoms with Crippen molar-refractivity contribution in [3.05, 3.63) is 72.9 Å². The number of nitrogens with two attached hydrogens (primary N) is 1. The highest BCUT2D eigenvalue weighted by molar-refractivity contribution is 7.47. The van der Waals surface area contributed by atoms with Crippen molar-refractivity contribution in [3.8, 4) is 0 Å². The van der Waals surface area contributed by atoms with Crippen LogP contribution in [0.2, 0.25) is 0 Å². The normalized spacial score (nSPS) is 14.3. The van der Waals surface area contributed by atoms with E-state index >= 15 is 0 Å². The SMILES string of the molecule is CC/C=C\C/C=C\C/C=C\C/C=C\CCCCC(=O)OC(COCCCCCCCCCC/C=C\C/C=C\CCCCC)COP(=O)(O)OCCN. The lowest BCUT2D eigenvalue weighted by molar-refractivity contribution is -0.154. The van der Waals surface area contributed by atoms with E-state index in [2.05, 4.69) is 86.8 Å². The van der Waals surface area contributed by atoms with Gasteiger partial charge in [0.25, 0.3) is 0 Å². The zero-order chi connectivity index (χ0) is 38.1. The second kappa shape index (κ2) is 40.1. The van der Waals surface area contributed by atoms with Gasteiger partial charge in [-0.1, -0.05) is 138 Å². The molecule has 2 unspecified atom stereocenters. The molecule has 9 heteroatoms. The molecule has 0 spiro atoms. The Labute approximate surface area is 318 Å². The molecular formula is C43H76NO7P. The third-order valence-electron chi connectivity index (χ3n) is 8.11. The van der Waals surface area contributed by atoms with Crippen molar-refractivity contribution in [3.63, 3.8) is 0 Å². The molecule has 52 heavy (non-hydrogen) atoms. The van der Waals surface area contributed by atoms with Crippen LogP contribution in [0.1, 0.15) is 155 Å². The molecule has 0 aromatic rings. The first-order valence-electron chi connectivity index (χ1n) is 20.4. The lowest BCUT2D eigenvalue weighted by Crippen LogP contribution is -2.28. The topological polar surface area (TPSA) is 117 Å². The number of rotatable bonds is 38. The molecule has 3 N–H and O–H groups in total. The van der Waals surface area contributed by atoms with Crippen LogP contribution in [0.5, 0.6) is 0 Å². The van der Waals surface area contributed by atoms with Crippen molar-refractivity contribution < 1.29 is 32.8 Å². The molecule has 0 saturated heterocycles. The summed E-state index contributed by atoms with van der Waals surface area (Å²) in [6, 6.07) is 0. The fourth-order valence-electron chi connectivity index (χ4n) is 5.13. The van der Waals surface area contributed by atoms with E-state index in [-0.39, 0.29) is 38.8 Å². The predicted octanol–water partition coefficient (Wildman–Crippen LogP) is 12.0. The molecule has 0 aliphatic rings. The summed E-state index contributed by atoms with van der Waals surface area (Å²) in [7, 11) is -4.29. The van der Waals surface area contributed by atoms with Crippen molar-refractivity contribution >= 4 is 13.8 Å². The second-order valence-corrected chi connectivity index (χ2v) is 14.6. The van der Waals surface area contributed by atoms with Gasteiger partial charge in [-0.25, -0.2) is 4.57 Å². The summed E-state index contributed by atoms with van der Waals surface area (Å²) >= 11 is 0. The van der Waals surface area contributed by atoms with Crippen LogP contribution in [0.4, 0.5) is 0 Å². The third kappa shape index (κ3) is 39.2. The van der Waals surface area contributed by atoms with Gasteiger partial charge in [0.1, 0.15) is 6.10 Å². The van der Waals surface area contributed by atoms with Gasteiger partial charge in [-0.15, -0.1) is 0 Å². The van der Waals surface area contributed by atoms with Crippen LogP contribution >= 0.6 is 7.82 Å². The van der Waals surface area contributed by atoms with E-state index < -0.39 is 13.9 Å². The van der Waals surface area contributed by atoms with Crippen LogP contribution in [0.3, 0.4) is 0 Å². The number of allylic oxidation sites excluding steroid dienone is 12. The maximum absolute atomic E-state index is 12.5. The molecule has 0 bridgehead atoms. The molecule has 0 radical (unpaired) electrons. The van der Waals surface area contributed by atoms with Crippen LogP contribution in [0, 0.1) is 0 Å². The number of hydrogen-bond donors (Lipinski definition) is 2. The minimum absolute atomic E-state index is 0.0888. The van der Waals surface area contributed by atoms with Gasteiger partial charge in [0.05, 0.1) is 19.8 Å². The highest BCUT2D eigenvalue weighted by atomic mass is 31.2. The largest absolute Gasteiger partial charge is 0.472 e. The monoisotopic (exact) mass is 750 g/mol. The zero-order valence-corrected chi connectivity index (χ0v) is 33.9. The van der Waals surface area contributed by atoms with Gasteiger partial charge in [-0.3, -0.25) is 13.8 Å². The van der Waals surface area contributed by atoms with Crippen LogP contribution in [-0.4, -0.2) is 49.9 Å². The highest BCUT2D eigenvalue weighted by Crippen LogP contribution is 2.43. The average molecular weight is 750 g/mol. The van der Waals surface area contributed by atoms with E-state index in [1.165, 1.54) is 70.6 Å². The number of esters is 1. The molecule has 8 nitrogen and oxygen atoms in total. The van der Waals surface area contributed by atoms with Gasteiger partial charge in [0.15, 0.2) is 0 Å². The van der Waals surface area contributed by atoms with E-state index in [0.29, 0.717) is 13.0 Å². The molecular weight excluding hydrogens is 673 g/mol. The quantitative estimate of drug-likeness (QED) is 0.0277. The standard InChI is InChI=1S/C43H76NO7P/c1-3-5-7-9-11-13-15-17-19-20-21-23-25-27-29-31-33-35-38-48-40-42(41-50-52(46,47)49-39-37-44)51-43(45)36-34-32-30-28-26-24-22-18-16-14-12-10-8-6-4-2/h6,8,11-14,17-19,22,26,28,42H,3-5,7,9-10,15-16,20-21,23-25,27,29-41,44H2,1-2H3,(H,46,47)/b8-6-,13-11-,14-12-,19-17-,22-18-,28-26-. The lowest BCUT2D eigenvalue weighted by Gasteiger charge is -2.20. The van der Waals surface area contributed by atoms with Gasteiger partial charge in [0.2, 0.25) is 0 Å². The van der Waals surface area contributed by atoms with Gasteiger partial charge in [0, 0.05) is 19.6 Å². The molecule has 0 fully saturated rings. The van der Waals surface area contributed by atoms with E-state index in [9.17, 15) is 14.3 Å². The molecule has 0 heterocycles. The number of carbonyl (C=O) groups is 1. The maximum atomic E-state index is 12.5. The van der Waals surface area contributed by atoms with E-state index in [1.807, 2.05) is 0 Å². The van der Waals surface area contributed by atoms with Crippen LogP contribution in [-0.2, 0) is 27.9 Å². The Morgan fingerprint density at radius 1 is 0.596 bits per heavy atom. The number of ether oxygens (including phenoxy) is 2. The van der Waals surface area contributed by atoms with Gasteiger partial charge in [-0.05, 0) is 83.5 Å². The predicted molar refractivity (Wildman–Crippen MR) is 219 cm³/mol. The Morgan fingerprint density at radius 2 is 1.08 bits per heavy atom. The number of hydrogen-bond acceptors (Lipinski definition) is 7. The third-order valence-corrected chi connectivity index (χ3v) is 9.09.